The summed E-state index contributed by atoms with van der Waals surface area (Å²) in [5.41, 5.74) is 0.613. The van der Waals surface area contributed by atoms with Crippen LogP contribution in [0.25, 0.3) is 0 Å². The number of nitrogens with zero attached hydrogens (tertiary/aromatic N) is 1. The molecule has 1 saturated heterocycles. The molecule has 0 saturated carbocycles. The number of ether oxygens (including phenoxy) is 1. The van der Waals surface area contributed by atoms with Gasteiger partial charge in [-0.05, 0) is 38.0 Å². The molecule has 1 aliphatic rings. The Bertz CT molecular complexity index is 507. The summed E-state index contributed by atoms with van der Waals surface area (Å²) in [5, 5.41) is 11.6. The smallest absolute Gasteiger partial charge is 0.233 e. The van der Waals surface area contributed by atoms with Gasteiger partial charge in [-0.25, -0.2) is 0 Å². The van der Waals surface area contributed by atoms with E-state index in [2.05, 4.69) is 11.4 Å². The van der Waals surface area contributed by atoms with Gasteiger partial charge >= 0.3 is 0 Å². The van der Waals surface area contributed by atoms with Gasteiger partial charge in [-0.15, -0.1) is 11.8 Å². The standard InChI is InChI=1S/C15H18N2O2S/c1-11(15(18)17-10-13-5-3-7-19-13)20-14-6-2-4-12(8-14)9-16/h2,4,6,8,11,13H,3,5,7,10H2,1H3,(H,17,18)/t11-,13-/m0/s1. The first-order valence-electron chi connectivity index (χ1n) is 6.75. The Hall–Kier alpha value is -1.51. The second-order valence-electron chi connectivity index (χ2n) is 4.78. The summed E-state index contributed by atoms with van der Waals surface area (Å²) >= 11 is 1.46. The van der Waals surface area contributed by atoms with Gasteiger partial charge in [0.15, 0.2) is 0 Å². The lowest BCUT2D eigenvalue weighted by Crippen LogP contribution is -2.36. The summed E-state index contributed by atoms with van der Waals surface area (Å²) in [6, 6.07) is 9.40. The van der Waals surface area contributed by atoms with E-state index in [9.17, 15) is 4.79 Å². The van der Waals surface area contributed by atoms with Gasteiger partial charge in [0.1, 0.15) is 0 Å². The minimum absolute atomic E-state index is 0.00728. The van der Waals surface area contributed by atoms with Crippen molar-refractivity contribution in [2.45, 2.75) is 36.0 Å². The van der Waals surface area contributed by atoms with E-state index in [0.717, 1.165) is 24.3 Å². The fourth-order valence-corrected chi connectivity index (χ4v) is 3.01. The molecule has 1 aliphatic heterocycles. The maximum Gasteiger partial charge on any atom is 0.233 e. The highest BCUT2D eigenvalue weighted by molar-refractivity contribution is 8.00. The van der Waals surface area contributed by atoms with Gasteiger partial charge in [0.25, 0.3) is 0 Å². The van der Waals surface area contributed by atoms with Crippen LogP contribution in [0.1, 0.15) is 25.3 Å². The Morgan fingerprint density at radius 3 is 3.20 bits per heavy atom. The first-order chi connectivity index (χ1) is 9.69. The number of nitriles is 1. The molecule has 1 N–H and O–H groups in total. The number of benzene rings is 1. The Labute approximate surface area is 123 Å². The zero-order chi connectivity index (χ0) is 14.4. The van der Waals surface area contributed by atoms with E-state index >= 15 is 0 Å². The van der Waals surface area contributed by atoms with Gasteiger partial charge in [-0.1, -0.05) is 6.07 Å². The number of carbonyl (C=O) groups is 1. The Balaban J connectivity index is 1.82. The fraction of sp³-hybridized carbons (Fsp3) is 0.467. The quantitative estimate of drug-likeness (QED) is 0.845. The van der Waals surface area contributed by atoms with Crippen LogP contribution in [-0.4, -0.2) is 30.4 Å². The number of hydrogen-bond acceptors (Lipinski definition) is 4. The van der Waals surface area contributed by atoms with Crippen LogP contribution in [-0.2, 0) is 9.53 Å². The van der Waals surface area contributed by atoms with Crippen molar-refractivity contribution in [1.82, 2.24) is 5.32 Å². The summed E-state index contributed by atoms with van der Waals surface area (Å²) in [6.07, 6.45) is 2.26. The van der Waals surface area contributed by atoms with Crippen LogP contribution in [0.4, 0.5) is 0 Å². The second kappa shape index (κ2) is 7.32. The van der Waals surface area contributed by atoms with E-state index in [4.69, 9.17) is 10.00 Å². The predicted octanol–water partition coefficient (Wildman–Crippen LogP) is 2.33. The molecular formula is C15H18N2O2S. The molecule has 5 heteroatoms. The van der Waals surface area contributed by atoms with Crippen LogP contribution < -0.4 is 5.32 Å². The number of nitrogens with one attached hydrogen (secondary N) is 1. The van der Waals surface area contributed by atoms with E-state index in [-0.39, 0.29) is 17.3 Å². The summed E-state index contributed by atoms with van der Waals surface area (Å²) < 4.78 is 5.47. The number of carbonyl (C=O) groups excluding carboxylic acids is 1. The highest BCUT2D eigenvalue weighted by atomic mass is 32.2. The molecule has 1 aromatic rings. The molecule has 1 amide bonds. The fourth-order valence-electron chi connectivity index (χ4n) is 2.06. The molecule has 0 unspecified atom stereocenters. The third-order valence-electron chi connectivity index (χ3n) is 3.17. The molecule has 2 rings (SSSR count). The Morgan fingerprint density at radius 1 is 1.65 bits per heavy atom. The van der Waals surface area contributed by atoms with Crippen LogP contribution in [0, 0.1) is 11.3 Å². The van der Waals surface area contributed by atoms with Crippen molar-refractivity contribution in [3.8, 4) is 6.07 Å². The first-order valence-corrected chi connectivity index (χ1v) is 7.63. The average molecular weight is 290 g/mol. The van der Waals surface area contributed by atoms with Crippen LogP contribution in [0.15, 0.2) is 29.2 Å². The third kappa shape index (κ3) is 4.26. The average Bonchev–Trinajstić information content (AvgIpc) is 2.98. The zero-order valence-corrected chi connectivity index (χ0v) is 12.3. The summed E-state index contributed by atoms with van der Waals surface area (Å²) in [5.74, 6) is 0.00728. The molecule has 1 fully saturated rings. The number of thioether (sulfide) groups is 1. The minimum Gasteiger partial charge on any atom is -0.376 e. The molecule has 106 valence electrons. The minimum atomic E-state index is -0.189. The van der Waals surface area contributed by atoms with Crippen molar-refractivity contribution >= 4 is 17.7 Å². The van der Waals surface area contributed by atoms with Crippen molar-refractivity contribution in [3.63, 3.8) is 0 Å². The molecule has 1 heterocycles. The van der Waals surface area contributed by atoms with E-state index in [1.807, 2.05) is 19.1 Å². The lowest BCUT2D eigenvalue weighted by molar-refractivity contribution is -0.120. The molecule has 0 bridgehead atoms. The molecular weight excluding hydrogens is 272 g/mol. The maximum atomic E-state index is 12.0. The second-order valence-corrected chi connectivity index (χ2v) is 6.19. The van der Waals surface area contributed by atoms with E-state index < -0.39 is 0 Å². The maximum absolute atomic E-state index is 12.0. The number of hydrogen-bond donors (Lipinski definition) is 1. The van der Waals surface area contributed by atoms with E-state index in [1.165, 1.54) is 11.8 Å². The van der Waals surface area contributed by atoms with Gasteiger partial charge in [0.2, 0.25) is 5.91 Å². The van der Waals surface area contributed by atoms with Crippen molar-refractivity contribution in [2.75, 3.05) is 13.2 Å². The number of rotatable bonds is 5. The van der Waals surface area contributed by atoms with Gasteiger partial charge in [0.05, 0.1) is 23.0 Å². The third-order valence-corrected chi connectivity index (χ3v) is 4.27. The lowest BCUT2D eigenvalue weighted by Gasteiger charge is -2.14. The normalized spacial score (nSPS) is 19.3. The molecule has 2 atom stereocenters. The van der Waals surface area contributed by atoms with E-state index in [0.29, 0.717) is 12.1 Å². The predicted molar refractivity (Wildman–Crippen MR) is 78.5 cm³/mol. The molecule has 0 spiro atoms. The van der Waals surface area contributed by atoms with Crippen molar-refractivity contribution in [2.24, 2.45) is 0 Å². The van der Waals surface area contributed by atoms with Gasteiger partial charge in [0, 0.05) is 18.0 Å². The topological polar surface area (TPSA) is 62.1 Å². The SMILES string of the molecule is C[C@H](Sc1cccc(C#N)c1)C(=O)NC[C@@H]1CCCO1. The van der Waals surface area contributed by atoms with Crippen LogP contribution in [0.2, 0.25) is 0 Å². The largest absolute Gasteiger partial charge is 0.376 e. The van der Waals surface area contributed by atoms with Crippen LogP contribution in [0.3, 0.4) is 0 Å². The molecule has 0 aliphatic carbocycles. The molecule has 0 radical (unpaired) electrons. The summed E-state index contributed by atoms with van der Waals surface area (Å²) in [7, 11) is 0. The highest BCUT2D eigenvalue weighted by Crippen LogP contribution is 2.24. The molecule has 0 aromatic heterocycles. The van der Waals surface area contributed by atoms with Crippen LogP contribution in [0.5, 0.6) is 0 Å². The van der Waals surface area contributed by atoms with E-state index in [1.54, 1.807) is 12.1 Å². The lowest BCUT2D eigenvalue weighted by atomic mass is 10.2. The van der Waals surface area contributed by atoms with Gasteiger partial charge < -0.3 is 10.1 Å². The molecule has 20 heavy (non-hydrogen) atoms. The Kier molecular flexibility index (Phi) is 5.45. The monoisotopic (exact) mass is 290 g/mol. The highest BCUT2D eigenvalue weighted by Gasteiger charge is 2.19. The summed E-state index contributed by atoms with van der Waals surface area (Å²) in [6.45, 7) is 3.25. The van der Waals surface area contributed by atoms with Crippen molar-refractivity contribution in [1.29, 1.82) is 5.26 Å². The van der Waals surface area contributed by atoms with Crippen molar-refractivity contribution in [3.05, 3.63) is 29.8 Å². The molecule has 1 aromatic carbocycles. The van der Waals surface area contributed by atoms with Crippen molar-refractivity contribution < 1.29 is 9.53 Å². The summed E-state index contributed by atoms with van der Waals surface area (Å²) in [4.78, 5) is 12.9. The number of amides is 1. The zero-order valence-electron chi connectivity index (χ0n) is 11.5. The molecule has 4 nitrogen and oxygen atoms in total. The first kappa shape index (κ1) is 14.9. The van der Waals surface area contributed by atoms with Gasteiger partial charge in [-0.3, -0.25) is 4.79 Å². The van der Waals surface area contributed by atoms with Crippen LogP contribution >= 0.6 is 11.8 Å². The Morgan fingerprint density at radius 2 is 2.50 bits per heavy atom. The van der Waals surface area contributed by atoms with Gasteiger partial charge in [-0.2, -0.15) is 5.26 Å².